The molecule has 2 aromatic heterocycles. The highest BCUT2D eigenvalue weighted by Gasteiger charge is 2.15. The molecule has 0 unspecified atom stereocenters. The maximum atomic E-state index is 12.9. The molecule has 29 heavy (non-hydrogen) atoms. The third-order valence-electron chi connectivity index (χ3n) is 4.66. The zero-order chi connectivity index (χ0) is 20.2. The smallest absolute Gasteiger partial charge is 0.232 e. The molecule has 6 nitrogen and oxygen atoms in total. The second-order valence-corrected chi connectivity index (χ2v) is 7.05. The number of nitrogens with one attached hydrogen (secondary N) is 1. The monoisotopic (exact) mass is 386 g/mol. The van der Waals surface area contributed by atoms with Crippen LogP contribution >= 0.6 is 0 Å². The van der Waals surface area contributed by atoms with Gasteiger partial charge < -0.3 is 14.6 Å². The molecule has 0 atom stereocenters. The van der Waals surface area contributed by atoms with Crippen molar-refractivity contribution >= 4 is 16.7 Å². The second kappa shape index (κ2) is 8.24. The van der Waals surface area contributed by atoms with Crippen LogP contribution in [0.2, 0.25) is 0 Å². The van der Waals surface area contributed by atoms with Gasteiger partial charge in [0.25, 0.3) is 0 Å². The lowest BCUT2D eigenvalue weighted by molar-refractivity contribution is 0.104. The number of fused-ring (bicyclic) bond motifs is 1. The first-order valence-electron chi connectivity index (χ1n) is 9.42. The van der Waals surface area contributed by atoms with Crippen molar-refractivity contribution in [1.29, 1.82) is 0 Å². The Hall–Kier alpha value is -3.51. The lowest BCUT2D eigenvalue weighted by atomic mass is 10.0. The Balaban J connectivity index is 1.65. The molecular weight excluding hydrogens is 364 g/mol. The summed E-state index contributed by atoms with van der Waals surface area (Å²) in [5.74, 6) is 0.472. The molecule has 0 saturated carbocycles. The van der Waals surface area contributed by atoms with Crippen LogP contribution in [0, 0.1) is 0 Å². The minimum Gasteiger partial charge on any atom is -0.475 e. The summed E-state index contributed by atoms with van der Waals surface area (Å²) in [5, 5.41) is 0.858. The molecule has 0 saturated heterocycles. The number of ether oxygens (including phenoxy) is 1. The van der Waals surface area contributed by atoms with E-state index in [0.29, 0.717) is 29.3 Å². The normalized spacial score (nSPS) is 11.1. The van der Waals surface area contributed by atoms with Crippen LogP contribution in [0.25, 0.3) is 22.2 Å². The van der Waals surface area contributed by atoms with Crippen LogP contribution in [0.3, 0.4) is 0 Å². The van der Waals surface area contributed by atoms with Crippen LogP contribution in [0.15, 0.2) is 67.1 Å². The van der Waals surface area contributed by atoms with Gasteiger partial charge in [-0.3, -0.25) is 9.78 Å². The Bertz CT molecular complexity index is 1140. The van der Waals surface area contributed by atoms with Crippen LogP contribution in [0.5, 0.6) is 5.88 Å². The Labute approximate surface area is 169 Å². The molecule has 2 heterocycles. The SMILES string of the molecule is CN(C)CCOc1cncc(-c2ccc3[nH]cc(C(=O)c4ccccc4)c3c2)n1. The van der Waals surface area contributed by atoms with E-state index in [1.165, 1.54) is 0 Å². The van der Waals surface area contributed by atoms with E-state index in [1.54, 1.807) is 18.6 Å². The van der Waals surface area contributed by atoms with Gasteiger partial charge in [0.1, 0.15) is 6.61 Å². The van der Waals surface area contributed by atoms with E-state index in [2.05, 4.69) is 15.0 Å². The number of likely N-dealkylation sites (N-methyl/N-ethyl adjacent to an activating group) is 1. The molecule has 146 valence electrons. The van der Waals surface area contributed by atoms with Gasteiger partial charge >= 0.3 is 0 Å². The van der Waals surface area contributed by atoms with Gasteiger partial charge in [0.05, 0.1) is 18.1 Å². The molecule has 1 N–H and O–H groups in total. The summed E-state index contributed by atoms with van der Waals surface area (Å²) in [6.07, 6.45) is 5.07. The highest BCUT2D eigenvalue weighted by molar-refractivity contribution is 6.16. The first kappa shape index (κ1) is 18.8. The summed E-state index contributed by atoms with van der Waals surface area (Å²) in [6, 6.07) is 15.2. The maximum Gasteiger partial charge on any atom is 0.232 e. The minimum atomic E-state index is -0.0131. The zero-order valence-electron chi connectivity index (χ0n) is 16.4. The molecule has 0 aliphatic carbocycles. The molecule has 0 amide bonds. The number of aromatic amines is 1. The summed E-state index contributed by atoms with van der Waals surface area (Å²) in [4.78, 5) is 27.0. The lowest BCUT2D eigenvalue weighted by Gasteiger charge is -2.10. The van der Waals surface area contributed by atoms with Gasteiger partial charge in [0, 0.05) is 40.3 Å². The molecule has 2 aromatic carbocycles. The van der Waals surface area contributed by atoms with E-state index in [9.17, 15) is 4.79 Å². The van der Waals surface area contributed by atoms with E-state index in [0.717, 1.165) is 23.0 Å². The maximum absolute atomic E-state index is 12.9. The largest absolute Gasteiger partial charge is 0.475 e. The number of carbonyl (C=O) groups is 1. The number of hydrogen-bond acceptors (Lipinski definition) is 5. The predicted molar refractivity (Wildman–Crippen MR) is 113 cm³/mol. The quantitative estimate of drug-likeness (QED) is 0.489. The van der Waals surface area contributed by atoms with Crippen molar-refractivity contribution in [1.82, 2.24) is 19.9 Å². The topological polar surface area (TPSA) is 71.1 Å². The first-order valence-corrected chi connectivity index (χ1v) is 9.42. The molecule has 6 heteroatoms. The van der Waals surface area contributed by atoms with Gasteiger partial charge in [-0.05, 0) is 26.2 Å². The fourth-order valence-electron chi connectivity index (χ4n) is 3.10. The van der Waals surface area contributed by atoms with Gasteiger partial charge in [-0.15, -0.1) is 0 Å². The lowest BCUT2D eigenvalue weighted by Crippen LogP contribution is -2.19. The summed E-state index contributed by atoms with van der Waals surface area (Å²) in [5.41, 5.74) is 3.78. The van der Waals surface area contributed by atoms with Crippen molar-refractivity contribution in [2.75, 3.05) is 27.2 Å². The Morgan fingerprint density at radius 3 is 2.72 bits per heavy atom. The van der Waals surface area contributed by atoms with E-state index in [4.69, 9.17) is 4.74 Å². The molecule has 0 fully saturated rings. The average molecular weight is 386 g/mol. The molecule has 4 aromatic rings. The number of benzene rings is 2. The van der Waals surface area contributed by atoms with Crippen molar-refractivity contribution in [2.45, 2.75) is 0 Å². The Kier molecular flexibility index (Phi) is 5.35. The van der Waals surface area contributed by atoms with Gasteiger partial charge in [-0.2, -0.15) is 0 Å². The summed E-state index contributed by atoms with van der Waals surface area (Å²) in [6.45, 7) is 1.34. The number of nitrogens with zero attached hydrogens (tertiary/aromatic N) is 3. The second-order valence-electron chi connectivity index (χ2n) is 7.05. The van der Waals surface area contributed by atoms with Crippen molar-refractivity contribution in [3.63, 3.8) is 0 Å². The summed E-state index contributed by atoms with van der Waals surface area (Å²) < 4.78 is 5.70. The third-order valence-corrected chi connectivity index (χ3v) is 4.66. The van der Waals surface area contributed by atoms with Crippen LogP contribution < -0.4 is 4.74 Å². The highest BCUT2D eigenvalue weighted by atomic mass is 16.5. The van der Waals surface area contributed by atoms with Gasteiger partial charge in [-0.25, -0.2) is 4.98 Å². The van der Waals surface area contributed by atoms with E-state index >= 15 is 0 Å². The van der Waals surface area contributed by atoms with Gasteiger partial charge in [0.15, 0.2) is 5.78 Å². The fraction of sp³-hybridized carbons (Fsp3) is 0.174. The van der Waals surface area contributed by atoms with Crippen LogP contribution in [-0.2, 0) is 0 Å². The minimum absolute atomic E-state index is 0.0131. The third kappa shape index (κ3) is 4.17. The predicted octanol–water partition coefficient (Wildman–Crippen LogP) is 3.80. The molecule has 0 aliphatic heterocycles. The summed E-state index contributed by atoms with van der Waals surface area (Å²) in [7, 11) is 3.98. The summed E-state index contributed by atoms with van der Waals surface area (Å²) >= 11 is 0. The van der Waals surface area contributed by atoms with E-state index in [1.807, 2.05) is 67.5 Å². The standard InChI is InChI=1S/C23H22N4O2/c1-27(2)10-11-29-22-15-24-14-21(26-22)17-8-9-20-18(12-17)19(13-25-20)23(28)16-6-4-3-5-7-16/h3-9,12-15,25H,10-11H2,1-2H3. The fourth-order valence-corrected chi connectivity index (χ4v) is 3.10. The average Bonchev–Trinajstić information content (AvgIpc) is 3.17. The van der Waals surface area contributed by atoms with Crippen LogP contribution in [-0.4, -0.2) is 52.9 Å². The highest BCUT2D eigenvalue weighted by Crippen LogP contribution is 2.27. The van der Waals surface area contributed by atoms with Crippen molar-refractivity contribution < 1.29 is 9.53 Å². The number of aromatic nitrogens is 3. The van der Waals surface area contributed by atoms with Crippen molar-refractivity contribution in [3.8, 4) is 17.1 Å². The van der Waals surface area contributed by atoms with Crippen molar-refractivity contribution in [3.05, 3.63) is 78.2 Å². The van der Waals surface area contributed by atoms with E-state index < -0.39 is 0 Å². The number of ketones is 1. The molecule has 0 spiro atoms. The molecular formula is C23H22N4O2. The van der Waals surface area contributed by atoms with Crippen molar-refractivity contribution in [2.24, 2.45) is 0 Å². The Morgan fingerprint density at radius 2 is 1.93 bits per heavy atom. The zero-order valence-corrected chi connectivity index (χ0v) is 16.4. The van der Waals surface area contributed by atoms with Crippen LogP contribution in [0.1, 0.15) is 15.9 Å². The number of H-pyrrole nitrogens is 1. The van der Waals surface area contributed by atoms with Gasteiger partial charge in [0.2, 0.25) is 5.88 Å². The van der Waals surface area contributed by atoms with Crippen LogP contribution in [0.4, 0.5) is 0 Å². The molecule has 4 rings (SSSR count). The number of rotatable bonds is 7. The van der Waals surface area contributed by atoms with E-state index in [-0.39, 0.29) is 5.78 Å². The molecule has 0 aliphatic rings. The number of carbonyl (C=O) groups excluding carboxylic acids is 1. The first-order chi connectivity index (χ1) is 14.1. The molecule has 0 radical (unpaired) electrons. The molecule has 0 bridgehead atoms. The Morgan fingerprint density at radius 1 is 1.10 bits per heavy atom. The number of hydrogen-bond donors (Lipinski definition) is 1. The van der Waals surface area contributed by atoms with Gasteiger partial charge in [-0.1, -0.05) is 36.4 Å².